The van der Waals surface area contributed by atoms with Crippen LogP contribution in [0, 0.1) is 10.1 Å². The van der Waals surface area contributed by atoms with Crippen molar-refractivity contribution in [3.05, 3.63) is 60.9 Å². The van der Waals surface area contributed by atoms with E-state index in [0.29, 0.717) is 16.6 Å². The van der Waals surface area contributed by atoms with Gasteiger partial charge in [-0.1, -0.05) is 40.6 Å². The molecular weight excluding hydrogens is 331 g/mol. The van der Waals surface area contributed by atoms with Gasteiger partial charge in [-0.15, -0.1) is 0 Å². The lowest BCUT2D eigenvalue weighted by molar-refractivity contribution is -0.380. The molecule has 1 N–H and O–H groups in total. The Balaban J connectivity index is 2.09. The summed E-state index contributed by atoms with van der Waals surface area (Å²) in [5.41, 5.74) is 1.56. The van der Waals surface area contributed by atoms with Gasteiger partial charge in [-0.25, -0.2) is 0 Å². The average Bonchev–Trinajstić information content (AvgIpc) is 2.89. The van der Waals surface area contributed by atoms with Crippen LogP contribution in [-0.4, -0.2) is 4.92 Å². The van der Waals surface area contributed by atoms with Crippen LogP contribution in [0.1, 0.15) is 25.0 Å². The first-order chi connectivity index (χ1) is 9.79. The maximum absolute atomic E-state index is 10.7. The zero-order chi connectivity index (χ0) is 15.6. The van der Waals surface area contributed by atoms with E-state index >= 15 is 0 Å². The molecule has 4 nitrogen and oxygen atoms in total. The smallest absolute Gasteiger partial charge is 0.304 e. The van der Waals surface area contributed by atoms with Crippen molar-refractivity contribution >= 4 is 39.5 Å². The molecule has 112 valence electrons. The van der Waals surface area contributed by atoms with E-state index in [1.165, 1.54) is 0 Å². The number of rotatable bonds is 5. The topological polar surface area (TPSA) is 55.2 Å². The maximum atomic E-state index is 10.7. The van der Waals surface area contributed by atoms with E-state index < -0.39 is 0 Å². The first-order valence-electron chi connectivity index (χ1n) is 6.22. The lowest BCUT2D eigenvalue weighted by atomic mass is 9.94. The van der Waals surface area contributed by atoms with E-state index in [-0.39, 0.29) is 15.5 Å². The number of hydrogen-bond acceptors (Lipinski definition) is 4. The Morgan fingerprint density at radius 2 is 2.00 bits per heavy atom. The van der Waals surface area contributed by atoms with Crippen molar-refractivity contribution < 1.29 is 4.92 Å². The van der Waals surface area contributed by atoms with Crippen LogP contribution in [0.4, 0.5) is 5.00 Å². The Morgan fingerprint density at radius 3 is 2.57 bits per heavy atom. The molecule has 0 aliphatic carbocycles. The predicted octanol–water partition coefficient (Wildman–Crippen LogP) is 4.99. The van der Waals surface area contributed by atoms with Gasteiger partial charge in [0.1, 0.15) is 0 Å². The summed E-state index contributed by atoms with van der Waals surface area (Å²) in [6.07, 6.45) is 0. The third-order valence-electron chi connectivity index (χ3n) is 3.20. The largest absolute Gasteiger partial charge is 0.324 e. The molecule has 0 aliphatic rings. The molecule has 21 heavy (non-hydrogen) atoms. The fraction of sp³-hybridized carbons (Fsp3) is 0.286. The van der Waals surface area contributed by atoms with E-state index in [2.05, 4.69) is 5.32 Å². The van der Waals surface area contributed by atoms with Crippen LogP contribution in [0.25, 0.3) is 0 Å². The van der Waals surface area contributed by atoms with Gasteiger partial charge in [0.05, 0.1) is 15.0 Å². The second-order valence-corrected chi connectivity index (χ2v) is 6.86. The second kappa shape index (κ2) is 6.32. The predicted molar refractivity (Wildman–Crippen MR) is 87.3 cm³/mol. The van der Waals surface area contributed by atoms with Crippen molar-refractivity contribution in [2.45, 2.75) is 25.9 Å². The zero-order valence-electron chi connectivity index (χ0n) is 11.5. The van der Waals surface area contributed by atoms with Crippen LogP contribution in [-0.2, 0) is 12.1 Å². The zero-order valence-corrected chi connectivity index (χ0v) is 13.9. The van der Waals surface area contributed by atoms with Crippen LogP contribution in [0.2, 0.25) is 10.0 Å². The summed E-state index contributed by atoms with van der Waals surface area (Å²) >= 11 is 13.1. The number of nitrogens with one attached hydrogen (secondary N) is 1. The van der Waals surface area contributed by atoms with E-state index in [1.807, 2.05) is 26.0 Å². The van der Waals surface area contributed by atoms with E-state index in [0.717, 1.165) is 22.5 Å². The molecule has 1 heterocycles. The van der Waals surface area contributed by atoms with E-state index in [9.17, 15) is 10.1 Å². The van der Waals surface area contributed by atoms with Crippen LogP contribution < -0.4 is 5.32 Å². The van der Waals surface area contributed by atoms with Gasteiger partial charge in [0.15, 0.2) is 0 Å². The Bertz CT molecular complexity index is 671. The monoisotopic (exact) mass is 344 g/mol. The van der Waals surface area contributed by atoms with Gasteiger partial charge in [-0.3, -0.25) is 10.1 Å². The van der Waals surface area contributed by atoms with Crippen molar-refractivity contribution in [1.29, 1.82) is 0 Å². The van der Waals surface area contributed by atoms with Gasteiger partial charge in [0.25, 0.3) is 0 Å². The molecule has 0 saturated carbocycles. The van der Waals surface area contributed by atoms with E-state index in [1.54, 1.807) is 17.5 Å². The van der Waals surface area contributed by atoms with Crippen molar-refractivity contribution in [2.75, 3.05) is 0 Å². The van der Waals surface area contributed by atoms with Crippen LogP contribution in [0.15, 0.2) is 29.6 Å². The highest BCUT2D eigenvalue weighted by molar-refractivity contribution is 7.13. The van der Waals surface area contributed by atoms with Crippen molar-refractivity contribution in [3.8, 4) is 0 Å². The molecule has 1 aromatic carbocycles. The molecular formula is C14H14Cl2N2O2S. The Morgan fingerprint density at radius 1 is 1.29 bits per heavy atom. The normalized spacial score (nSPS) is 11.6. The molecule has 0 aliphatic heterocycles. The quantitative estimate of drug-likeness (QED) is 0.614. The molecule has 0 unspecified atom stereocenters. The summed E-state index contributed by atoms with van der Waals surface area (Å²) < 4.78 is 0. The number of thiophene rings is 1. The molecule has 0 spiro atoms. The van der Waals surface area contributed by atoms with Gasteiger partial charge in [-0.05, 0) is 37.1 Å². The first kappa shape index (κ1) is 16.2. The highest BCUT2D eigenvalue weighted by Gasteiger charge is 2.21. The maximum Gasteiger partial charge on any atom is 0.324 e. The van der Waals surface area contributed by atoms with Gasteiger partial charge >= 0.3 is 5.00 Å². The Hall–Kier alpha value is -1.14. The van der Waals surface area contributed by atoms with Gasteiger partial charge in [0.2, 0.25) is 0 Å². The van der Waals surface area contributed by atoms with Gasteiger partial charge in [0, 0.05) is 23.5 Å². The second-order valence-electron chi connectivity index (χ2n) is 5.16. The van der Waals surface area contributed by atoms with Crippen LogP contribution >= 0.6 is 34.5 Å². The van der Waals surface area contributed by atoms with Gasteiger partial charge in [-0.2, -0.15) is 0 Å². The highest BCUT2D eigenvalue weighted by Crippen LogP contribution is 2.29. The Kier molecular flexibility index (Phi) is 4.88. The number of halogens is 2. The minimum absolute atomic E-state index is 0.152. The molecule has 0 bridgehead atoms. The molecule has 0 atom stereocenters. The lowest BCUT2D eigenvalue weighted by Gasteiger charge is -2.27. The summed E-state index contributed by atoms with van der Waals surface area (Å²) in [4.78, 5) is 10.3. The number of nitrogens with zero attached hydrogens (tertiary/aromatic N) is 1. The first-order valence-corrected chi connectivity index (χ1v) is 7.85. The summed E-state index contributed by atoms with van der Waals surface area (Å²) in [6, 6.07) is 7.09. The third-order valence-corrected chi connectivity index (χ3v) is 4.86. The summed E-state index contributed by atoms with van der Waals surface area (Å²) in [7, 11) is 0. The van der Waals surface area contributed by atoms with Crippen LogP contribution in [0.3, 0.4) is 0 Å². The minimum atomic E-state index is -0.377. The van der Waals surface area contributed by atoms with E-state index in [4.69, 9.17) is 23.2 Å². The van der Waals surface area contributed by atoms with Gasteiger partial charge < -0.3 is 5.32 Å². The third kappa shape index (κ3) is 3.95. The average molecular weight is 345 g/mol. The SMILES string of the molecule is CC(C)(NCc1csc([N+](=O)[O-])c1)c1ccc(Cl)c(Cl)c1. The molecule has 0 saturated heterocycles. The summed E-state index contributed by atoms with van der Waals surface area (Å²) in [6.45, 7) is 4.58. The molecule has 0 radical (unpaired) electrons. The summed E-state index contributed by atoms with van der Waals surface area (Å²) in [5.74, 6) is 0. The molecule has 1 aromatic heterocycles. The number of nitro groups is 1. The van der Waals surface area contributed by atoms with Crippen molar-refractivity contribution in [1.82, 2.24) is 5.32 Å². The minimum Gasteiger partial charge on any atom is -0.304 e. The number of hydrogen-bond donors (Lipinski definition) is 1. The standard InChI is InChI=1S/C14H14Cl2N2O2S/c1-14(2,10-3-4-11(15)12(16)6-10)17-7-9-5-13(18(19)20)21-8-9/h3-6,8,17H,7H2,1-2H3. The fourth-order valence-electron chi connectivity index (χ4n) is 1.86. The van der Waals surface area contributed by atoms with Crippen LogP contribution in [0.5, 0.6) is 0 Å². The molecule has 7 heteroatoms. The van der Waals surface area contributed by atoms with Crippen molar-refractivity contribution in [3.63, 3.8) is 0 Å². The summed E-state index contributed by atoms with van der Waals surface area (Å²) in [5, 5.41) is 17.0. The molecule has 0 amide bonds. The highest BCUT2D eigenvalue weighted by atomic mass is 35.5. The lowest BCUT2D eigenvalue weighted by Crippen LogP contribution is -2.35. The molecule has 2 rings (SSSR count). The number of benzene rings is 1. The Labute approximate surface area is 136 Å². The molecule has 0 fully saturated rings. The molecule has 2 aromatic rings. The van der Waals surface area contributed by atoms with Crippen molar-refractivity contribution in [2.24, 2.45) is 0 Å². The fourth-order valence-corrected chi connectivity index (χ4v) is 2.89.